The lowest BCUT2D eigenvalue weighted by atomic mass is 10.1. The monoisotopic (exact) mass is 279 g/mol. The zero-order valence-electron chi connectivity index (χ0n) is 11.1. The van der Waals surface area contributed by atoms with Gasteiger partial charge in [-0.05, 0) is 47.2 Å². The number of rotatable bonds is 2. The van der Waals surface area contributed by atoms with Gasteiger partial charge in [-0.15, -0.1) is 0 Å². The third kappa shape index (κ3) is 2.79. The van der Waals surface area contributed by atoms with Crippen molar-refractivity contribution in [1.82, 2.24) is 0 Å². The molecule has 0 unspecified atom stereocenters. The minimum atomic E-state index is -0.254. The number of fused-ring (bicyclic) bond motifs is 1. The Bertz CT molecular complexity index is 827. The maximum atomic E-state index is 12.2. The fraction of sp³-hybridized carbons (Fsp3) is 0. The first-order chi connectivity index (χ1) is 10.1. The molecule has 3 N–H and O–H groups in total. The Labute approximate surface area is 121 Å². The summed E-state index contributed by atoms with van der Waals surface area (Å²) in [4.78, 5) is 12.2. The van der Waals surface area contributed by atoms with Gasteiger partial charge in [0.15, 0.2) is 0 Å². The highest BCUT2D eigenvalue weighted by Crippen LogP contribution is 2.22. The second-order valence-corrected chi connectivity index (χ2v) is 4.75. The number of anilines is 1. The highest BCUT2D eigenvalue weighted by molar-refractivity contribution is 6.06. The van der Waals surface area contributed by atoms with E-state index in [4.69, 9.17) is 0 Å². The summed E-state index contributed by atoms with van der Waals surface area (Å²) >= 11 is 0. The molecule has 21 heavy (non-hydrogen) atoms. The van der Waals surface area contributed by atoms with E-state index in [1.165, 1.54) is 12.1 Å². The Hall–Kier alpha value is -3.01. The summed E-state index contributed by atoms with van der Waals surface area (Å²) in [5, 5.41) is 23.3. The minimum absolute atomic E-state index is 0.0989. The van der Waals surface area contributed by atoms with E-state index in [2.05, 4.69) is 5.32 Å². The van der Waals surface area contributed by atoms with Crippen LogP contribution in [0.25, 0.3) is 10.8 Å². The topological polar surface area (TPSA) is 69.6 Å². The summed E-state index contributed by atoms with van der Waals surface area (Å²) < 4.78 is 0. The molecule has 0 aromatic heterocycles. The molecule has 0 bridgehead atoms. The lowest BCUT2D eigenvalue weighted by Crippen LogP contribution is -2.11. The van der Waals surface area contributed by atoms with Crippen LogP contribution in [0, 0.1) is 0 Å². The van der Waals surface area contributed by atoms with Gasteiger partial charge >= 0.3 is 0 Å². The van der Waals surface area contributed by atoms with Gasteiger partial charge in [0, 0.05) is 17.3 Å². The number of hydrogen-bond acceptors (Lipinski definition) is 3. The van der Waals surface area contributed by atoms with E-state index in [0.717, 1.165) is 10.8 Å². The van der Waals surface area contributed by atoms with Crippen molar-refractivity contribution >= 4 is 22.4 Å². The molecule has 0 atom stereocenters. The molecule has 3 rings (SSSR count). The largest absolute Gasteiger partial charge is 0.508 e. The van der Waals surface area contributed by atoms with Crippen LogP contribution in [0.15, 0.2) is 60.7 Å². The van der Waals surface area contributed by atoms with Crippen molar-refractivity contribution in [3.63, 3.8) is 0 Å². The van der Waals surface area contributed by atoms with Crippen molar-refractivity contribution in [1.29, 1.82) is 0 Å². The lowest BCUT2D eigenvalue weighted by molar-refractivity contribution is 0.102. The number of hydrogen-bond donors (Lipinski definition) is 3. The Kier molecular flexibility index (Phi) is 3.20. The van der Waals surface area contributed by atoms with Crippen molar-refractivity contribution in [3.05, 3.63) is 66.2 Å². The molecule has 3 aromatic carbocycles. The number of carbonyl (C=O) groups is 1. The van der Waals surface area contributed by atoms with Gasteiger partial charge in [0.1, 0.15) is 11.5 Å². The molecule has 0 fully saturated rings. The van der Waals surface area contributed by atoms with Crippen molar-refractivity contribution in [2.75, 3.05) is 5.32 Å². The van der Waals surface area contributed by atoms with E-state index in [1.54, 1.807) is 48.5 Å². The number of aromatic hydroxyl groups is 2. The van der Waals surface area contributed by atoms with Gasteiger partial charge in [-0.3, -0.25) is 4.79 Å². The molecule has 0 saturated carbocycles. The Balaban J connectivity index is 1.89. The molecule has 0 spiro atoms. The van der Waals surface area contributed by atoms with Gasteiger partial charge in [-0.2, -0.15) is 0 Å². The molecule has 0 radical (unpaired) electrons. The molecule has 104 valence electrons. The van der Waals surface area contributed by atoms with Gasteiger partial charge in [0.2, 0.25) is 0 Å². The van der Waals surface area contributed by atoms with E-state index in [1.807, 2.05) is 0 Å². The summed E-state index contributed by atoms with van der Waals surface area (Å²) in [5.74, 6) is 0.0387. The summed E-state index contributed by atoms with van der Waals surface area (Å²) in [5.41, 5.74) is 1.04. The molecule has 0 aliphatic carbocycles. The average molecular weight is 279 g/mol. The van der Waals surface area contributed by atoms with E-state index < -0.39 is 0 Å². The van der Waals surface area contributed by atoms with Crippen LogP contribution >= 0.6 is 0 Å². The van der Waals surface area contributed by atoms with Gasteiger partial charge in [0.05, 0.1) is 0 Å². The van der Waals surface area contributed by atoms with Crippen LogP contribution in [-0.2, 0) is 0 Å². The maximum absolute atomic E-state index is 12.2. The molecule has 0 aliphatic heterocycles. The maximum Gasteiger partial charge on any atom is 0.255 e. The van der Waals surface area contributed by atoms with Crippen molar-refractivity contribution in [3.8, 4) is 11.5 Å². The molecule has 3 aromatic rings. The smallest absolute Gasteiger partial charge is 0.255 e. The summed E-state index contributed by atoms with van der Waals surface area (Å²) in [7, 11) is 0. The highest BCUT2D eigenvalue weighted by atomic mass is 16.3. The SMILES string of the molecule is O=C(Nc1cccc(O)c1)c1ccc2cc(O)ccc2c1. The highest BCUT2D eigenvalue weighted by Gasteiger charge is 2.07. The predicted molar refractivity (Wildman–Crippen MR) is 81.7 cm³/mol. The molecule has 0 aliphatic rings. The molecule has 4 nitrogen and oxygen atoms in total. The number of phenolic OH excluding ortho intramolecular Hbond substituents is 2. The van der Waals surface area contributed by atoms with Crippen LogP contribution in [0.2, 0.25) is 0 Å². The van der Waals surface area contributed by atoms with Gasteiger partial charge < -0.3 is 15.5 Å². The van der Waals surface area contributed by atoms with Crippen LogP contribution in [0.1, 0.15) is 10.4 Å². The van der Waals surface area contributed by atoms with Crippen LogP contribution in [-0.4, -0.2) is 16.1 Å². The van der Waals surface area contributed by atoms with Gasteiger partial charge in [-0.25, -0.2) is 0 Å². The van der Waals surface area contributed by atoms with Crippen molar-refractivity contribution in [2.24, 2.45) is 0 Å². The van der Waals surface area contributed by atoms with Crippen LogP contribution in [0.5, 0.6) is 11.5 Å². The minimum Gasteiger partial charge on any atom is -0.508 e. The van der Waals surface area contributed by atoms with Gasteiger partial charge in [0.25, 0.3) is 5.91 Å². The predicted octanol–water partition coefficient (Wildman–Crippen LogP) is 3.50. The van der Waals surface area contributed by atoms with Crippen LogP contribution in [0.3, 0.4) is 0 Å². The van der Waals surface area contributed by atoms with Crippen LogP contribution in [0.4, 0.5) is 5.69 Å². The molecule has 0 heterocycles. The van der Waals surface area contributed by atoms with E-state index in [9.17, 15) is 15.0 Å². The lowest BCUT2D eigenvalue weighted by Gasteiger charge is -2.07. The third-order valence-electron chi connectivity index (χ3n) is 3.19. The summed E-state index contributed by atoms with van der Waals surface area (Å²) in [6.07, 6.45) is 0. The van der Waals surface area contributed by atoms with Crippen LogP contribution < -0.4 is 5.32 Å². The Morgan fingerprint density at radius 3 is 2.33 bits per heavy atom. The fourth-order valence-corrected chi connectivity index (χ4v) is 2.16. The fourth-order valence-electron chi connectivity index (χ4n) is 2.16. The standard InChI is InChI=1S/C17H13NO3/c19-15-3-1-2-14(10-15)18-17(21)13-5-4-12-9-16(20)7-6-11(12)8-13/h1-10,19-20H,(H,18,21). The first-order valence-electron chi connectivity index (χ1n) is 6.45. The zero-order chi connectivity index (χ0) is 14.8. The van der Waals surface area contributed by atoms with Crippen molar-refractivity contribution in [2.45, 2.75) is 0 Å². The van der Waals surface area contributed by atoms with Crippen molar-refractivity contribution < 1.29 is 15.0 Å². The number of carbonyl (C=O) groups excluding carboxylic acids is 1. The number of phenols is 2. The Morgan fingerprint density at radius 2 is 1.52 bits per heavy atom. The molecule has 4 heteroatoms. The number of nitrogens with one attached hydrogen (secondary N) is 1. The molecule has 0 saturated heterocycles. The van der Waals surface area contributed by atoms with E-state index in [-0.39, 0.29) is 17.4 Å². The van der Waals surface area contributed by atoms with Gasteiger partial charge in [-0.1, -0.05) is 18.2 Å². The third-order valence-corrected chi connectivity index (χ3v) is 3.19. The normalized spacial score (nSPS) is 10.5. The molecule has 1 amide bonds. The second kappa shape index (κ2) is 5.17. The average Bonchev–Trinajstić information content (AvgIpc) is 2.46. The number of amides is 1. The summed E-state index contributed by atoms with van der Waals surface area (Å²) in [6.45, 7) is 0. The first kappa shape index (κ1) is 13.0. The molecular weight excluding hydrogens is 266 g/mol. The first-order valence-corrected chi connectivity index (χ1v) is 6.45. The number of benzene rings is 3. The van der Waals surface area contributed by atoms with E-state index >= 15 is 0 Å². The van der Waals surface area contributed by atoms with E-state index in [0.29, 0.717) is 11.3 Å². The molecular formula is C17H13NO3. The Morgan fingerprint density at radius 1 is 0.810 bits per heavy atom. The second-order valence-electron chi connectivity index (χ2n) is 4.75. The quantitative estimate of drug-likeness (QED) is 0.672. The zero-order valence-corrected chi connectivity index (χ0v) is 11.1. The summed E-state index contributed by atoms with van der Waals surface area (Å²) in [6, 6.07) is 16.6.